The molecule has 0 aromatic carbocycles. The molecular weight excluding hydrogens is 270 g/mol. The Morgan fingerprint density at radius 3 is 2.35 bits per heavy atom. The first-order chi connectivity index (χ1) is 9.36. The number of hydrogen-bond donors (Lipinski definition) is 5. The summed E-state index contributed by atoms with van der Waals surface area (Å²) < 4.78 is 4.90. The third kappa shape index (κ3) is 4.50. The number of ketones is 1. The molecule has 1 rings (SSSR count). The normalized spacial score (nSPS) is 33.8. The fourth-order valence-corrected chi connectivity index (χ4v) is 2.01. The lowest BCUT2D eigenvalue weighted by Gasteiger charge is -2.40. The van der Waals surface area contributed by atoms with Crippen molar-refractivity contribution in [2.75, 3.05) is 6.61 Å². The monoisotopic (exact) mass is 291 g/mol. The zero-order valence-electron chi connectivity index (χ0n) is 11.2. The molecule has 0 aromatic rings. The average Bonchev–Trinajstić information content (AvgIpc) is 2.38. The van der Waals surface area contributed by atoms with E-state index in [9.17, 15) is 24.9 Å². The minimum atomic E-state index is -1.53. The minimum Gasteiger partial charge on any atom is -0.394 e. The Morgan fingerprint density at radius 2 is 1.80 bits per heavy atom. The molecule has 1 aliphatic heterocycles. The number of rotatable bonds is 6. The molecule has 0 aliphatic carbocycles. The maximum atomic E-state index is 11.6. The van der Waals surface area contributed by atoms with Gasteiger partial charge in [-0.3, -0.25) is 4.79 Å². The molecule has 1 saturated heterocycles. The van der Waals surface area contributed by atoms with Crippen LogP contribution < -0.4 is 5.32 Å². The summed E-state index contributed by atoms with van der Waals surface area (Å²) in [6.45, 7) is 0.861. The van der Waals surface area contributed by atoms with Crippen molar-refractivity contribution in [3.05, 3.63) is 0 Å². The van der Waals surface area contributed by atoms with Gasteiger partial charge in [-0.2, -0.15) is 0 Å². The highest BCUT2D eigenvalue weighted by molar-refractivity contribution is 5.78. The van der Waals surface area contributed by atoms with Gasteiger partial charge in [-0.15, -0.1) is 0 Å². The van der Waals surface area contributed by atoms with E-state index in [1.807, 2.05) is 0 Å². The minimum absolute atomic E-state index is 0.0277. The quantitative estimate of drug-likeness (QED) is 0.370. The highest BCUT2D eigenvalue weighted by Crippen LogP contribution is 2.19. The van der Waals surface area contributed by atoms with Crippen molar-refractivity contribution in [1.82, 2.24) is 5.32 Å². The van der Waals surface area contributed by atoms with Gasteiger partial charge in [0.1, 0.15) is 30.1 Å². The van der Waals surface area contributed by atoms with Crippen LogP contribution in [0.4, 0.5) is 0 Å². The lowest BCUT2D eigenvalue weighted by Crippen LogP contribution is -2.64. The topological polar surface area (TPSA) is 136 Å². The Balaban J connectivity index is 2.49. The van der Waals surface area contributed by atoms with Crippen LogP contribution in [0.15, 0.2) is 0 Å². The summed E-state index contributed by atoms with van der Waals surface area (Å²) in [6.07, 6.45) is -4.79. The van der Waals surface area contributed by atoms with E-state index >= 15 is 0 Å². The van der Waals surface area contributed by atoms with Gasteiger partial charge in [0.05, 0.1) is 6.61 Å². The first-order valence-corrected chi connectivity index (χ1v) is 6.46. The molecule has 0 aromatic heterocycles. The van der Waals surface area contributed by atoms with E-state index in [4.69, 9.17) is 9.84 Å². The zero-order valence-corrected chi connectivity index (χ0v) is 11.2. The molecule has 0 saturated carbocycles. The third-order valence-electron chi connectivity index (χ3n) is 3.16. The Labute approximate surface area is 116 Å². The highest BCUT2D eigenvalue weighted by Gasteiger charge is 2.44. The molecule has 0 bridgehead atoms. The summed E-state index contributed by atoms with van der Waals surface area (Å²) in [5.41, 5.74) is 0. The van der Waals surface area contributed by atoms with E-state index in [0.717, 1.165) is 0 Å². The van der Waals surface area contributed by atoms with Crippen molar-refractivity contribution in [1.29, 1.82) is 0 Å². The van der Waals surface area contributed by atoms with E-state index in [2.05, 4.69) is 5.32 Å². The molecule has 8 nitrogen and oxygen atoms in total. The number of ether oxygens (including phenoxy) is 1. The second kappa shape index (κ2) is 7.65. The molecule has 5 N–H and O–H groups in total. The smallest absolute Gasteiger partial charge is 0.220 e. The van der Waals surface area contributed by atoms with Crippen LogP contribution in [0.25, 0.3) is 0 Å². The van der Waals surface area contributed by atoms with Gasteiger partial charge in [-0.05, 0) is 13.3 Å². The van der Waals surface area contributed by atoms with Gasteiger partial charge in [0.15, 0.2) is 6.29 Å². The van der Waals surface area contributed by atoms with E-state index < -0.39 is 43.2 Å². The second-order valence-electron chi connectivity index (χ2n) is 4.88. The van der Waals surface area contributed by atoms with Crippen LogP contribution in [0.1, 0.15) is 26.2 Å². The molecule has 20 heavy (non-hydrogen) atoms. The Bertz CT molecular complexity index is 349. The number of Topliss-reactive ketones (excluding diaryl/α,β-unsaturated/α-hetero) is 1. The number of aliphatic hydroxyl groups excluding tert-OH is 4. The summed E-state index contributed by atoms with van der Waals surface area (Å²) in [7, 11) is 0. The van der Waals surface area contributed by atoms with Crippen LogP contribution in [0, 0.1) is 0 Å². The van der Waals surface area contributed by atoms with Gasteiger partial charge < -0.3 is 35.3 Å². The number of carbonyl (C=O) groups is 2. The van der Waals surface area contributed by atoms with Crippen molar-refractivity contribution >= 4 is 11.7 Å². The van der Waals surface area contributed by atoms with Gasteiger partial charge >= 0.3 is 0 Å². The predicted molar refractivity (Wildman–Crippen MR) is 66.4 cm³/mol. The summed E-state index contributed by atoms with van der Waals surface area (Å²) in [4.78, 5) is 22.4. The molecule has 0 spiro atoms. The molecule has 1 aliphatic rings. The first-order valence-electron chi connectivity index (χ1n) is 6.46. The number of carbonyl (C=O) groups excluding carboxylic acids is 2. The van der Waals surface area contributed by atoms with Crippen molar-refractivity contribution in [2.45, 2.75) is 56.8 Å². The molecule has 8 heteroatoms. The van der Waals surface area contributed by atoms with Crippen LogP contribution in [0.3, 0.4) is 0 Å². The fraction of sp³-hybridized carbons (Fsp3) is 0.833. The number of nitrogens with one attached hydrogen (secondary N) is 1. The van der Waals surface area contributed by atoms with Crippen molar-refractivity contribution in [3.63, 3.8) is 0 Å². The number of hydrogen-bond acceptors (Lipinski definition) is 7. The standard InChI is InChI=1S/C12H21NO7/c1-6(15)3-2-4-8(16)13-9-11(18)10(17)7(5-14)20-12(9)19/h7,9-12,14,17-19H,2-5H2,1H3,(H,13,16)/t7-,9+,10-,11-,12?/m1/s1. The van der Waals surface area contributed by atoms with Crippen molar-refractivity contribution in [3.8, 4) is 0 Å². The SMILES string of the molecule is CC(=O)CCCC(=O)N[C@@H]1C(O)O[C@H](CO)[C@@H](O)[C@@H]1O. The highest BCUT2D eigenvalue weighted by atomic mass is 16.6. The van der Waals surface area contributed by atoms with Gasteiger partial charge in [0.25, 0.3) is 0 Å². The van der Waals surface area contributed by atoms with E-state index in [0.29, 0.717) is 6.42 Å². The predicted octanol–water partition coefficient (Wildman–Crippen LogP) is -2.34. The van der Waals surface area contributed by atoms with E-state index in [1.165, 1.54) is 6.92 Å². The molecule has 116 valence electrons. The second-order valence-corrected chi connectivity index (χ2v) is 4.88. The molecular formula is C12H21NO7. The number of aliphatic hydroxyl groups is 4. The third-order valence-corrected chi connectivity index (χ3v) is 3.16. The van der Waals surface area contributed by atoms with Crippen molar-refractivity contribution in [2.24, 2.45) is 0 Å². The Kier molecular flexibility index (Phi) is 6.50. The van der Waals surface area contributed by atoms with Crippen LogP contribution in [-0.4, -0.2) is 69.4 Å². The zero-order chi connectivity index (χ0) is 15.3. The Morgan fingerprint density at radius 1 is 1.15 bits per heavy atom. The van der Waals surface area contributed by atoms with Crippen LogP contribution in [0.2, 0.25) is 0 Å². The van der Waals surface area contributed by atoms with Crippen LogP contribution in [0.5, 0.6) is 0 Å². The molecule has 5 atom stereocenters. The Hall–Kier alpha value is -1.06. The summed E-state index contributed by atoms with van der Waals surface area (Å²) in [6, 6.07) is -1.18. The molecule has 1 fully saturated rings. The van der Waals surface area contributed by atoms with Gasteiger partial charge in [-0.25, -0.2) is 0 Å². The van der Waals surface area contributed by atoms with E-state index in [-0.39, 0.29) is 18.6 Å². The largest absolute Gasteiger partial charge is 0.394 e. The molecule has 1 amide bonds. The summed E-state index contributed by atoms with van der Waals surface area (Å²) in [5.74, 6) is -0.493. The number of amides is 1. The van der Waals surface area contributed by atoms with Crippen molar-refractivity contribution < 1.29 is 34.8 Å². The summed E-state index contributed by atoms with van der Waals surface area (Å²) >= 11 is 0. The van der Waals surface area contributed by atoms with Gasteiger partial charge in [0.2, 0.25) is 5.91 Å². The molecule has 1 heterocycles. The van der Waals surface area contributed by atoms with Gasteiger partial charge in [-0.1, -0.05) is 0 Å². The van der Waals surface area contributed by atoms with Gasteiger partial charge in [0, 0.05) is 12.8 Å². The molecule has 1 unspecified atom stereocenters. The average molecular weight is 291 g/mol. The van der Waals surface area contributed by atoms with Crippen LogP contribution in [-0.2, 0) is 14.3 Å². The molecule has 0 radical (unpaired) electrons. The summed E-state index contributed by atoms with van der Waals surface area (Å²) in [5, 5.41) is 40.4. The maximum absolute atomic E-state index is 11.6. The first kappa shape index (κ1) is 17.0. The lowest BCUT2D eigenvalue weighted by atomic mass is 9.97. The maximum Gasteiger partial charge on any atom is 0.220 e. The lowest BCUT2D eigenvalue weighted by molar-refractivity contribution is -0.253. The van der Waals surface area contributed by atoms with Crippen LogP contribution >= 0.6 is 0 Å². The fourth-order valence-electron chi connectivity index (χ4n) is 2.01. The van der Waals surface area contributed by atoms with E-state index in [1.54, 1.807) is 0 Å².